The lowest BCUT2D eigenvalue weighted by molar-refractivity contribution is -0.324. The molecular formula is C26H44O8. The van der Waals surface area contributed by atoms with Crippen molar-refractivity contribution < 1.29 is 40.1 Å². The van der Waals surface area contributed by atoms with Crippen molar-refractivity contribution in [2.24, 2.45) is 34.0 Å². The maximum absolute atomic E-state index is 11.5. The second kappa shape index (κ2) is 8.09. The fourth-order valence-corrected chi connectivity index (χ4v) is 9.93. The molecule has 2 bridgehead atoms. The van der Waals surface area contributed by atoms with Crippen LogP contribution in [0.1, 0.15) is 72.6 Å². The van der Waals surface area contributed by atoms with Gasteiger partial charge in [0.25, 0.3) is 0 Å². The first-order chi connectivity index (χ1) is 15.7. The Kier molecular flexibility index (Phi) is 6.03. The lowest BCUT2D eigenvalue weighted by Gasteiger charge is -2.66. The van der Waals surface area contributed by atoms with E-state index in [0.29, 0.717) is 18.8 Å². The molecule has 0 aromatic heterocycles. The molecule has 1 heterocycles. The highest BCUT2D eigenvalue weighted by atomic mass is 16.7. The molecule has 5 rings (SSSR count). The predicted molar refractivity (Wildman–Crippen MR) is 122 cm³/mol. The minimum absolute atomic E-state index is 0.0712. The Morgan fingerprint density at radius 2 is 1.59 bits per heavy atom. The fraction of sp³-hybridized carbons (Fsp3) is 1.00. The van der Waals surface area contributed by atoms with Crippen molar-refractivity contribution in [2.75, 3.05) is 6.61 Å². The van der Waals surface area contributed by atoms with Crippen LogP contribution in [0.25, 0.3) is 0 Å². The molecule has 1 saturated heterocycles. The molecule has 5 aliphatic rings. The molecule has 13 atom stereocenters. The summed E-state index contributed by atoms with van der Waals surface area (Å²) in [6.07, 6.45) is -1.36. The van der Waals surface area contributed by atoms with E-state index in [2.05, 4.69) is 20.8 Å². The van der Waals surface area contributed by atoms with Crippen molar-refractivity contribution >= 4 is 0 Å². The highest BCUT2D eigenvalue weighted by Crippen LogP contribution is 2.73. The maximum atomic E-state index is 11.5. The van der Waals surface area contributed by atoms with E-state index in [1.54, 1.807) is 0 Å². The van der Waals surface area contributed by atoms with E-state index in [1.807, 2.05) is 6.92 Å². The third-order valence-corrected chi connectivity index (χ3v) is 10.7. The molecule has 4 saturated carbocycles. The molecule has 196 valence electrons. The lowest BCUT2D eigenvalue weighted by atomic mass is 9.40. The Labute approximate surface area is 202 Å². The van der Waals surface area contributed by atoms with Crippen LogP contribution in [0, 0.1) is 34.0 Å². The first-order valence-electron chi connectivity index (χ1n) is 13.1. The van der Waals surface area contributed by atoms with Gasteiger partial charge in [0.15, 0.2) is 6.29 Å². The van der Waals surface area contributed by atoms with E-state index in [0.717, 1.165) is 32.1 Å². The summed E-state index contributed by atoms with van der Waals surface area (Å²) >= 11 is 0. The Bertz CT molecular complexity index is 785. The van der Waals surface area contributed by atoms with E-state index >= 15 is 0 Å². The molecule has 1 spiro atoms. The van der Waals surface area contributed by atoms with Gasteiger partial charge in [-0.05, 0) is 85.9 Å². The number of fused-ring (bicyclic) bond motifs is 3. The Hall–Kier alpha value is -0.320. The third kappa shape index (κ3) is 3.63. The molecule has 34 heavy (non-hydrogen) atoms. The maximum Gasteiger partial charge on any atom is 0.186 e. The Morgan fingerprint density at radius 1 is 0.882 bits per heavy atom. The number of hydrogen-bond acceptors (Lipinski definition) is 8. The van der Waals surface area contributed by atoms with E-state index in [9.17, 15) is 30.6 Å². The molecule has 8 nitrogen and oxygen atoms in total. The highest BCUT2D eigenvalue weighted by Gasteiger charge is 2.69. The molecular weight excluding hydrogens is 440 g/mol. The molecule has 0 amide bonds. The van der Waals surface area contributed by atoms with Crippen molar-refractivity contribution in [1.29, 1.82) is 0 Å². The largest absolute Gasteiger partial charge is 0.394 e. The van der Waals surface area contributed by atoms with E-state index < -0.39 is 49.0 Å². The lowest BCUT2D eigenvalue weighted by Crippen LogP contribution is -2.64. The predicted octanol–water partition coefficient (Wildman–Crippen LogP) is 0.936. The summed E-state index contributed by atoms with van der Waals surface area (Å²) in [5.74, 6) is 0.736. The second-order valence-electron chi connectivity index (χ2n) is 13.5. The zero-order chi connectivity index (χ0) is 24.8. The second-order valence-corrected chi connectivity index (χ2v) is 13.5. The summed E-state index contributed by atoms with van der Waals surface area (Å²) in [6, 6.07) is 0. The van der Waals surface area contributed by atoms with Gasteiger partial charge in [0.05, 0.1) is 24.4 Å². The number of aliphatic hydroxyl groups excluding tert-OH is 5. The van der Waals surface area contributed by atoms with Crippen LogP contribution in [-0.2, 0) is 9.47 Å². The van der Waals surface area contributed by atoms with Gasteiger partial charge in [0.1, 0.15) is 24.4 Å². The van der Waals surface area contributed by atoms with Crippen LogP contribution in [0.2, 0.25) is 0 Å². The Balaban J connectivity index is 1.43. The SMILES string of the molecule is CC1(C)C[C@@H](O[C@@H]2O[C@H](CO)[C@@H](O)[C@H](O)[C@H]2O)C[C@]2(C)[C@@H]1[C@H](O)C[C@@]13C[C@@H](CC[C@H]12)[C@](C)(O)C3. The van der Waals surface area contributed by atoms with Gasteiger partial charge in [-0.3, -0.25) is 0 Å². The van der Waals surface area contributed by atoms with Crippen molar-refractivity contribution in [3.63, 3.8) is 0 Å². The van der Waals surface area contributed by atoms with E-state index in [4.69, 9.17) is 9.47 Å². The number of aliphatic hydroxyl groups is 6. The molecule has 0 aromatic carbocycles. The van der Waals surface area contributed by atoms with Gasteiger partial charge in [-0.1, -0.05) is 20.8 Å². The van der Waals surface area contributed by atoms with Crippen LogP contribution < -0.4 is 0 Å². The number of rotatable bonds is 3. The average Bonchev–Trinajstić information content (AvgIpc) is 2.90. The molecule has 8 heteroatoms. The molecule has 1 aliphatic heterocycles. The van der Waals surface area contributed by atoms with Crippen molar-refractivity contribution in [2.45, 2.75) is 121 Å². The van der Waals surface area contributed by atoms with Crippen LogP contribution >= 0.6 is 0 Å². The molecule has 5 fully saturated rings. The summed E-state index contributed by atoms with van der Waals surface area (Å²) in [5.41, 5.74) is -1.21. The smallest absolute Gasteiger partial charge is 0.186 e. The van der Waals surface area contributed by atoms with Gasteiger partial charge in [0.2, 0.25) is 0 Å². The first-order valence-corrected chi connectivity index (χ1v) is 13.1. The van der Waals surface area contributed by atoms with Crippen molar-refractivity contribution in [3.8, 4) is 0 Å². The normalized spacial score (nSPS) is 58.8. The van der Waals surface area contributed by atoms with Crippen LogP contribution in [-0.4, -0.2) is 85.8 Å². The summed E-state index contributed by atoms with van der Waals surface area (Å²) in [5, 5.41) is 63.1. The number of ether oxygens (including phenoxy) is 2. The van der Waals surface area contributed by atoms with Gasteiger partial charge in [-0.2, -0.15) is 0 Å². The van der Waals surface area contributed by atoms with Gasteiger partial charge in [-0.25, -0.2) is 0 Å². The zero-order valence-electron chi connectivity index (χ0n) is 20.9. The summed E-state index contributed by atoms with van der Waals surface area (Å²) in [6.45, 7) is 8.11. The molecule has 6 N–H and O–H groups in total. The quantitative estimate of drug-likeness (QED) is 0.325. The van der Waals surface area contributed by atoms with Gasteiger partial charge in [0, 0.05) is 0 Å². The Morgan fingerprint density at radius 3 is 2.26 bits per heavy atom. The van der Waals surface area contributed by atoms with Crippen LogP contribution in [0.5, 0.6) is 0 Å². The van der Waals surface area contributed by atoms with Gasteiger partial charge >= 0.3 is 0 Å². The summed E-state index contributed by atoms with van der Waals surface area (Å²) in [4.78, 5) is 0. The highest BCUT2D eigenvalue weighted by molar-refractivity contribution is 5.18. The summed E-state index contributed by atoms with van der Waals surface area (Å²) < 4.78 is 12.0. The standard InChI is InChI=1S/C26H44O8/c1-23(2)8-14(33-22-20(31)19(30)18(29)16(11-27)34-22)9-24(3)17-6-5-13-7-26(17,12-25(13,4)32)10-15(28)21(23)24/h13-22,27-32H,5-12H2,1-4H3/t13-,14-,15-,16-,17+,18-,19+,20-,21-,22-,24+,25-,26-/m1/s1. The minimum atomic E-state index is -1.47. The van der Waals surface area contributed by atoms with Crippen LogP contribution in [0.4, 0.5) is 0 Å². The topological polar surface area (TPSA) is 140 Å². The van der Waals surface area contributed by atoms with Crippen molar-refractivity contribution in [1.82, 2.24) is 0 Å². The molecule has 0 unspecified atom stereocenters. The number of hydrogen-bond donors (Lipinski definition) is 6. The monoisotopic (exact) mass is 484 g/mol. The third-order valence-electron chi connectivity index (χ3n) is 10.7. The molecule has 0 radical (unpaired) electrons. The average molecular weight is 485 g/mol. The van der Waals surface area contributed by atoms with Gasteiger partial charge < -0.3 is 40.1 Å². The first kappa shape index (κ1) is 25.3. The van der Waals surface area contributed by atoms with E-state index in [1.165, 1.54) is 0 Å². The minimum Gasteiger partial charge on any atom is -0.394 e. The molecule has 4 aliphatic carbocycles. The van der Waals surface area contributed by atoms with Gasteiger partial charge in [-0.15, -0.1) is 0 Å². The zero-order valence-corrected chi connectivity index (χ0v) is 20.9. The molecule has 0 aromatic rings. The fourth-order valence-electron chi connectivity index (χ4n) is 9.93. The van der Waals surface area contributed by atoms with Crippen LogP contribution in [0.3, 0.4) is 0 Å². The van der Waals surface area contributed by atoms with E-state index in [-0.39, 0.29) is 34.2 Å². The van der Waals surface area contributed by atoms with Crippen molar-refractivity contribution in [3.05, 3.63) is 0 Å². The summed E-state index contributed by atoms with van der Waals surface area (Å²) in [7, 11) is 0. The van der Waals surface area contributed by atoms with Crippen LogP contribution in [0.15, 0.2) is 0 Å².